The molecule has 2 aromatic rings. The van der Waals surface area contributed by atoms with Crippen LogP contribution in [-0.2, 0) is 0 Å². The van der Waals surface area contributed by atoms with Crippen molar-refractivity contribution in [2.75, 3.05) is 0 Å². The minimum absolute atomic E-state index is 0.340. The Labute approximate surface area is 114 Å². The van der Waals surface area contributed by atoms with E-state index in [0.717, 1.165) is 11.1 Å². The quantitative estimate of drug-likeness (QED) is 0.503. The molecule has 0 radical (unpaired) electrons. The molecule has 6 heteroatoms. The lowest BCUT2D eigenvalue weighted by atomic mass is 10.0. The first-order chi connectivity index (χ1) is 9.65. The van der Waals surface area contributed by atoms with Crippen LogP contribution in [0.1, 0.15) is 20.7 Å². The van der Waals surface area contributed by atoms with Gasteiger partial charge in [0, 0.05) is 11.1 Å². The van der Waals surface area contributed by atoms with Gasteiger partial charge in [0.25, 0.3) is 11.8 Å². The maximum absolute atomic E-state index is 11.2. The van der Waals surface area contributed by atoms with Gasteiger partial charge in [-0.15, -0.1) is 0 Å². The highest BCUT2D eigenvalue weighted by molar-refractivity contribution is 5.94. The third-order valence-electron chi connectivity index (χ3n) is 2.83. The van der Waals surface area contributed by atoms with Gasteiger partial charge >= 0.3 is 0 Å². The van der Waals surface area contributed by atoms with E-state index in [1.54, 1.807) is 59.5 Å². The minimum atomic E-state index is -0.577. The van der Waals surface area contributed by atoms with Crippen LogP contribution in [0.25, 0.3) is 11.1 Å². The minimum Gasteiger partial charge on any atom is -0.288 e. The Kier molecular flexibility index (Phi) is 4.09. The summed E-state index contributed by atoms with van der Waals surface area (Å²) in [6, 6.07) is 13.2. The van der Waals surface area contributed by atoms with Crippen molar-refractivity contribution in [3.05, 3.63) is 59.7 Å². The second-order valence-corrected chi connectivity index (χ2v) is 4.04. The van der Waals surface area contributed by atoms with E-state index in [-0.39, 0.29) is 0 Å². The lowest BCUT2D eigenvalue weighted by molar-refractivity contribution is 0.0702. The van der Waals surface area contributed by atoms with Crippen molar-refractivity contribution in [1.82, 2.24) is 11.0 Å². The van der Waals surface area contributed by atoms with Crippen molar-refractivity contribution in [2.45, 2.75) is 0 Å². The molecule has 0 unspecified atom stereocenters. The van der Waals surface area contributed by atoms with Crippen LogP contribution in [0.2, 0.25) is 0 Å². The molecule has 2 rings (SSSR count). The number of nitrogens with one attached hydrogen (secondary N) is 2. The van der Waals surface area contributed by atoms with Gasteiger partial charge in [-0.2, -0.15) is 0 Å². The summed E-state index contributed by atoms with van der Waals surface area (Å²) in [5, 5.41) is 17.0. The van der Waals surface area contributed by atoms with Crippen LogP contribution in [0.4, 0.5) is 0 Å². The zero-order chi connectivity index (χ0) is 14.5. The number of hydrogen-bond donors (Lipinski definition) is 4. The molecule has 0 fully saturated rings. The maximum atomic E-state index is 11.2. The Bertz CT molecular complexity index is 563. The van der Waals surface area contributed by atoms with Gasteiger partial charge < -0.3 is 0 Å². The van der Waals surface area contributed by atoms with E-state index in [2.05, 4.69) is 0 Å². The van der Waals surface area contributed by atoms with Gasteiger partial charge in [-0.1, -0.05) is 24.3 Å². The van der Waals surface area contributed by atoms with E-state index in [9.17, 15) is 9.59 Å². The molecule has 0 aliphatic rings. The first-order valence-electron chi connectivity index (χ1n) is 5.75. The van der Waals surface area contributed by atoms with E-state index >= 15 is 0 Å². The average Bonchev–Trinajstić information content (AvgIpc) is 2.53. The molecular formula is C14H12N2O4. The highest BCUT2D eigenvalue weighted by Crippen LogP contribution is 2.20. The van der Waals surface area contributed by atoms with E-state index in [4.69, 9.17) is 10.4 Å². The largest absolute Gasteiger partial charge is 0.288 e. The van der Waals surface area contributed by atoms with Crippen molar-refractivity contribution < 1.29 is 20.0 Å². The number of hydrogen-bond acceptors (Lipinski definition) is 4. The van der Waals surface area contributed by atoms with Crippen LogP contribution < -0.4 is 11.0 Å². The lowest BCUT2D eigenvalue weighted by Gasteiger charge is -2.05. The standard InChI is InChI=1S/C14H12N2O4/c17-13(15-19)11-5-1-9(2-6-11)10-3-7-12(8-4-10)14(18)16-20/h1-8,19-20H,(H,15,17)(H,16,18). The molecule has 0 atom stereocenters. The lowest BCUT2D eigenvalue weighted by Crippen LogP contribution is -2.18. The van der Waals surface area contributed by atoms with Gasteiger partial charge in [-0.3, -0.25) is 20.0 Å². The summed E-state index contributed by atoms with van der Waals surface area (Å²) in [5.41, 5.74) is 5.51. The number of benzene rings is 2. The highest BCUT2D eigenvalue weighted by atomic mass is 16.5. The van der Waals surface area contributed by atoms with Gasteiger partial charge in [0.2, 0.25) is 0 Å². The summed E-state index contributed by atoms with van der Waals surface area (Å²) < 4.78 is 0. The van der Waals surface area contributed by atoms with Gasteiger partial charge in [-0.05, 0) is 35.4 Å². The van der Waals surface area contributed by atoms with Crippen molar-refractivity contribution >= 4 is 11.8 Å². The summed E-state index contributed by atoms with van der Waals surface area (Å²) in [7, 11) is 0. The molecular weight excluding hydrogens is 260 g/mol. The molecule has 2 amide bonds. The first-order valence-corrected chi connectivity index (χ1v) is 5.75. The molecule has 0 saturated heterocycles. The molecule has 0 heterocycles. The first kappa shape index (κ1) is 13.7. The van der Waals surface area contributed by atoms with E-state index in [0.29, 0.717) is 11.1 Å². The fourth-order valence-electron chi connectivity index (χ4n) is 1.76. The number of carbonyl (C=O) groups is 2. The molecule has 20 heavy (non-hydrogen) atoms. The number of hydroxylamine groups is 2. The zero-order valence-corrected chi connectivity index (χ0v) is 10.3. The van der Waals surface area contributed by atoms with Crippen LogP contribution >= 0.6 is 0 Å². The predicted molar refractivity (Wildman–Crippen MR) is 70.4 cm³/mol. The second kappa shape index (κ2) is 5.96. The zero-order valence-electron chi connectivity index (χ0n) is 10.3. The monoisotopic (exact) mass is 272 g/mol. The molecule has 102 valence electrons. The van der Waals surface area contributed by atoms with Crippen molar-refractivity contribution in [3.63, 3.8) is 0 Å². The van der Waals surface area contributed by atoms with Gasteiger partial charge in [0.1, 0.15) is 0 Å². The van der Waals surface area contributed by atoms with Crippen LogP contribution in [0.15, 0.2) is 48.5 Å². The molecule has 0 aromatic heterocycles. The summed E-state index contributed by atoms with van der Waals surface area (Å²) in [5.74, 6) is -1.15. The molecule has 0 aliphatic heterocycles. The van der Waals surface area contributed by atoms with Crippen LogP contribution in [-0.4, -0.2) is 22.2 Å². The summed E-state index contributed by atoms with van der Waals surface area (Å²) in [6.45, 7) is 0. The Morgan fingerprint density at radius 1 is 0.650 bits per heavy atom. The molecule has 0 saturated carbocycles. The fourth-order valence-corrected chi connectivity index (χ4v) is 1.76. The van der Waals surface area contributed by atoms with E-state index in [1.807, 2.05) is 0 Å². The summed E-state index contributed by atoms with van der Waals surface area (Å²) in [4.78, 5) is 22.4. The Morgan fingerprint density at radius 3 is 1.20 bits per heavy atom. The third-order valence-corrected chi connectivity index (χ3v) is 2.83. The SMILES string of the molecule is O=C(NO)c1ccc(-c2ccc(C(=O)NO)cc2)cc1. The van der Waals surface area contributed by atoms with Crippen molar-refractivity contribution in [2.24, 2.45) is 0 Å². The Balaban J connectivity index is 2.23. The van der Waals surface area contributed by atoms with Crippen molar-refractivity contribution in [3.8, 4) is 11.1 Å². The topological polar surface area (TPSA) is 98.7 Å². The molecule has 2 aromatic carbocycles. The number of amides is 2. The highest BCUT2D eigenvalue weighted by Gasteiger charge is 2.06. The second-order valence-electron chi connectivity index (χ2n) is 4.04. The fraction of sp³-hybridized carbons (Fsp3) is 0. The maximum Gasteiger partial charge on any atom is 0.274 e. The summed E-state index contributed by atoms with van der Waals surface area (Å²) in [6.07, 6.45) is 0. The molecule has 0 spiro atoms. The van der Waals surface area contributed by atoms with Crippen LogP contribution in [0, 0.1) is 0 Å². The van der Waals surface area contributed by atoms with Gasteiger partial charge in [0.05, 0.1) is 0 Å². The molecule has 0 aliphatic carbocycles. The number of carbonyl (C=O) groups excluding carboxylic acids is 2. The normalized spacial score (nSPS) is 9.90. The Hall–Kier alpha value is -2.70. The molecule has 6 nitrogen and oxygen atoms in total. The Morgan fingerprint density at radius 2 is 0.950 bits per heavy atom. The smallest absolute Gasteiger partial charge is 0.274 e. The van der Waals surface area contributed by atoms with Crippen LogP contribution in [0.3, 0.4) is 0 Å². The van der Waals surface area contributed by atoms with Gasteiger partial charge in [0.15, 0.2) is 0 Å². The number of rotatable bonds is 3. The van der Waals surface area contributed by atoms with Crippen molar-refractivity contribution in [1.29, 1.82) is 0 Å². The van der Waals surface area contributed by atoms with E-state index in [1.165, 1.54) is 0 Å². The van der Waals surface area contributed by atoms with Gasteiger partial charge in [-0.25, -0.2) is 11.0 Å². The van der Waals surface area contributed by atoms with Crippen LogP contribution in [0.5, 0.6) is 0 Å². The predicted octanol–water partition coefficient (Wildman–Crippen LogP) is 1.59. The molecule has 4 N–H and O–H groups in total. The third kappa shape index (κ3) is 2.82. The molecule has 0 bridgehead atoms. The average molecular weight is 272 g/mol. The van der Waals surface area contributed by atoms with E-state index < -0.39 is 11.8 Å². The summed E-state index contributed by atoms with van der Waals surface area (Å²) >= 11 is 0.